The molecule has 3 nitrogen and oxygen atoms in total. The second-order valence-electron chi connectivity index (χ2n) is 4.02. The van der Waals surface area contributed by atoms with Crippen molar-refractivity contribution < 1.29 is 9.90 Å². The van der Waals surface area contributed by atoms with E-state index in [4.69, 9.17) is 10.8 Å². The van der Waals surface area contributed by atoms with E-state index in [2.05, 4.69) is 19.6 Å². The number of carboxylic acid groups (broad SMARTS) is 1. The van der Waals surface area contributed by atoms with Gasteiger partial charge in [-0.05, 0) is 5.38 Å². The van der Waals surface area contributed by atoms with Crippen molar-refractivity contribution in [1.29, 1.82) is 0 Å². The zero-order valence-corrected chi connectivity index (χ0v) is 9.65. The molecule has 5 heteroatoms. The van der Waals surface area contributed by atoms with Gasteiger partial charge in [-0.2, -0.15) is 11.8 Å². The van der Waals surface area contributed by atoms with Gasteiger partial charge >= 0.3 is 5.97 Å². The van der Waals surface area contributed by atoms with Crippen LogP contribution in [0.1, 0.15) is 0 Å². The molecule has 0 fully saturated rings. The Morgan fingerprint density at radius 1 is 1.58 bits per heavy atom. The van der Waals surface area contributed by atoms with Crippen LogP contribution < -0.4 is 5.73 Å². The zero-order chi connectivity index (χ0) is 9.78. The van der Waals surface area contributed by atoms with Crippen molar-refractivity contribution in [2.75, 3.05) is 11.1 Å². The summed E-state index contributed by atoms with van der Waals surface area (Å²) in [7, 11) is -1.04. The van der Waals surface area contributed by atoms with Crippen LogP contribution in [-0.2, 0) is 4.79 Å². The predicted molar refractivity (Wildman–Crippen MR) is 56.3 cm³/mol. The van der Waals surface area contributed by atoms with Gasteiger partial charge in [0, 0.05) is 5.75 Å². The third kappa shape index (κ3) is 6.69. The smallest absolute Gasteiger partial charge is 0.321 e. The van der Waals surface area contributed by atoms with Crippen LogP contribution in [0.5, 0.6) is 0 Å². The summed E-state index contributed by atoms with van der Waals surface area (Å²) >= 11 is 1.65. The number of thioether (sulfide) groups is 1. The maximum Gasteiger partial charge on any atom is 0.321 e. The Hall–Kier alpha value is -0.00312. The molecule has 0 aromatic rings. The summed E-state index contributed by atoms with van der Waals surface area (Å²) in [6.45, 7) is 6.77. The molecule has 0 amide bonds. The molecule has 0 saturated carbocycles. The molecule has 3 N–H and O–H groups in total. The SMILES string of the molecule is C[Si](C)(C)CSC[C@H](N)C(=O)O. The zero-order valence-electron chi connectivity index (χ0n) is 7.83. The van der Waals surface area contributed by atoms with Crippen LogP contribution in [0.3, 0.4) is 0 Å². The van der Waals surface area contributed by atoms with E-state index >= 15 is 0 Å². The third-order valence-electron chi connectivity index (χ3n) is 1.15. The molecule has 0 aliphatic carbocycles. The highest BCUT2D eigenvalue weighted by Gasteiger charge is 2.16. The van der Waals surface area contributed by atoms with E-state index in [1.807, 2.05) is 0 Å². The van der Waals surface area contributed by atoms with Crippen molar-refractivity contribution in [1.82, 2.24) is 0 Å². The van der Waals surface area contributed by atoms with Crippen LogP contribution in [0.2, 0.25) is 19.6 Å². The van der Waals surface area contributed by atoms with Gasteiger partial charge in [0.25, 0.3) is 0 Å². The summed E-state index contributed by atoms with van der Waals surface area (Å²) in [5, 5.41) is 9.56. The highest BCUT2D eigenvalue weighted by molar-refractivity contribution is 8.00. The van der Waals surface area contributed by atoms with E-state index in [1.165, 1.54) is 0 Å². The van der Waals surface area contributed by atoms with E-state index in [0.29, 0.717) is 5.75 Å². The van der Waals surface area contributed by atoms with Crippen LogP contribution in [0, 0.1) is 0 Å². The Balaban J connectivity index is 3.51. The molecule has 1 atom stereocenters. The molecule has 0 unspecified atom stereocenters. The van der Waals surface area contributed by atoms with Crippen molar-refractivity contribution >= 4 is 25.8 Å². The van der Waals surface area contributed by atoms with Crippen LogP contribution >= 0.6 is 11.8 Å². The first-order chi connectivity index (χ1) is 5.33. The predicted octanol–water partition coefficient (Wildman–Crippen LogP) is 1.01. The molecule has 0 spiro atoms. The molecular weight excluding hydrogens is 190 g/mol. The third-order valence-corrected chi connectivity index (χ3v) is 6.03. The average molecular weight is 207 g/mol. The lowest BCUT2D eigenvalue weighted by atomic mass is 10.4. The molecule has 0 aliphatic heterocycles. The van der Waals surface area contributed by atoms with Crippen LogP contribution in [0.15, 0.2) is 0 Å². The normalized spacial score (nSPS) is 14.3. The minimum atomic E-state index is -1.04. The second kappa shape index (κ2) is 4.89. The maximum atomic E-state index is 10.3. The standard InChI is InChI=1S/C7H17NO2SSi/c1-12(2,3)5-11-4-6(8)7(9)10/h6H,4-5,8H2,1-3H3,(H,9,10)/t6-/m0/s1. The topological polar surface area (TPSA) is 63.3 Å². The van der Waals surface area contributed by atoms with Gasteiger partial charge in [-0.1, -0.05) is 19.6 Å². The van der Waals surface area contributed by atoms with Gasteiger partial charge in [0.2, 0.25) is 0 Å². The fraction of sp³-hybridized carbons (Fsp3) is 0.857. The second-order valence-corrected chi connectivity index (χ2v) is 11.0. The van der Waals surface area contributed by atoms with Crippen molar-refractivity contribution in [3.63, 3.8) is 0 Å². The van der Waals surface area contributed by atoms with Gasteiger partial charge in [-0.3, -0.25) is 4.79 Å². The number of rotatable bonds is 5. The molecule has 0 aromatic heterocycles. The minimum Gasteiger partial charge on any atom is -0.480 e. The first kappa shape index (κ1) is 12.0. The molecule has 72 valence electrons. The van der Waals surface area contributed by atoms with Gasteiger partial charge in [-0.15, -0.1) is 0 Å². The largest absolute Gasteiger partial charge is 0.480 e. The number of aliphatic carboxylic acids is 1. The molecule has 0 heterocycles. The van der Waals surface area contributed by atoms with Gasteiger partial charge in [0.15, 0.2) is 0 Å². The van der Waals surface area contributed by atoms with Gasteiger partial charge in [0.1, 0.15) is 6.04 Å². The summed E-state index contributed by atoms with van der Waals surface area (Å²) in [4.78, 5) is 10.3. The summed E-state index contributed by atoms with van der Waals surface area (Å²) in [6.07, 6.45) is 0. The molecule has 0 aromatic carbocycles. The highest BCUT2D eigenvalue weighted by Crippen LogP contribution is 2.11. The molecule has 0 bridgehead atoms. The van der Waals surface area contributed by atoms with E-state index in [-0.39, 0.29) is 0 Å². The lowest BCUT2D eigenvalue weighted by Crippen LogP contribution is -2.34. The Morgan fingerprint density at radius 2 is 2.08 bits per heavy atom. The van der Waals surface area contributed by atoms with Crippen molar-refractivity contribution in [2.24, 2.45) is 5.73 Å². The molecule has 0 aliphatic rings. The van der Waals surface area contributed by atoms with Crippen molar-refractivity contribution in [2.45, 2.75) is 25.7 Å². The monoisotopic (exact) mass is 207 g/mol. The number of carbonyl (C=O) groups is 1. The summed E-state index contributed by atoms with van der Waals surface area (Å²) in [5.74, 6) is -0.377. The van der Waals surface area contributed by atoms with E-state index in [0.717, 1.165) is 5.38 Å². The van der Waals surface area contributed by atoms with Crippen LogP contribution in [0.4, 0.5) is 0 Å². The Labute approximate surface area is 78.7 Å². The molecule has 12 heavy (non-hydrogen) atoms. The average Bonchev–Trinajstić information content (AvgIpc) is 1.84. The fourth-order valence-electron chi connectivity index (χ4n) is 0.563. The Kier molecular flexibility index (Phi) is 4.89. The maximum absolute atomic E-state index is 10.3. The lowest BCUT2D eigenvalue weighted by molar-refractivity contribution is -0.137. The molecular formula is C7H17NO2SSi. The summed E-state index contributed by atoms with van der Waals surface area (Å²) in [5.41, 5.74) is 5.34. The number of carboxylic acids is 1. The quantitative estimate of drug-likeness (QED) is 0.660. The molecule has 0 saturated heterocycles. The van der Waals surface area contributed by atoms with Gasteiger partial charge < -0.3 is 10.8 Å². The van der Waals surface area contributed by atoms with Crippen molar-refractivity contribution in [3.8, 4) is 0 Å². The summed E-state index contributed by atoms with van der Waals surface area (Å²) < 4.78 is 0. The first-order valence-electron chi connectivity index (χ1n) is 3.89. The Bertz CT molecular complexity index is 158. The molecule has 0 radical (unpaired) electrons. The fourth-order valence-corrected chi connectivity index (χ4v) is 3.88. The van der Waals surface area contributed by atoms with Gasteiger partial charge in [-0.25, -0.2) is 0 Å². The van der Waals surface area contributed by atoms with Crippen LogP contribution in [-0.4, -0.2) is 36.3 Å². The van der Waals surface area contributed by atoms with E-state index in [1.54, 1.807) is 11.8 Å². The van der Waals surface area contributed by atoms with E-state index in [9.17, 15) is 4.79 Å². The lowest BCUT2D eigenvalue weighted by Gasteiger charge is -2.15. The van der Waals surface area contributed by atoms with Crippen LogP contribution in [0.25, 0.3) is 0 Å². The minimum absolute atomic E-state index is 0.527. The summed E-state index contributed by atoms with van der Waals surface area (Å²) in [6, 6.07) is -0.702. The Morgan fingerprint density at radius 3 is 2.42 bits per heavy atom. The highest BCUT2D eigenvalue weighted by atomic mass is 32.2. The number of hydrogen-bond donors (Lipinski definition) is 2. The van der Waals surface area contributed by atoms with E-state index < -0.39 is 20.1 Å². The van der Waals surface area contributed by atoms with Gasteiger partial charge in [0.05, 0.1) is 8.07 Å². The molecule has 0 rings (SSSR count). The number of nitrogens with two attached hydrogens (primary N) is 1. The first-order valence-corrected chi connectivity index (χ1v) is 8.75. The number of hydrogen-bond acceptors (Lipinski definition) is 3. The van der Waals surface area contributed by atoms with Crippen molar-refractivity contribution in [3.05, 3.63) is 0 Å².